The molecule has 0 bridgehead atoms. The van der Waals surface area contributed by atoms with E-state index in [-0.39, 0.29) is 16.9 Å². The molecule has 0 spiro atoms. The monoisotopic (exact) mass is 439 g/mol. The maximum Gasteiger partial charge on any atom is 0.257 e. The minimum atomic E-state index is -0.382. The summed E-state index contributed by atoms with van der Waals surface area (Å²) in [5.41, 5.74) is 2.68. The van der Waals surface area contributed by atoms with Crippen LogP contribution in [0.3, 0.4) is 0 Å². The van der Waals surface area contributed by atoms with Crippen LogP contribution in [0, 0.1) is 0 Å². The van der Waals surface area contributed by atoms with E-state index < -0.39 is 0 Å². The predicted molar refractivity (Wildman–Crippen MR) is 123 cm³/mol. The zero-order chi connectivity index (χ0) is 21.8. The van der Waals surface area contributed by atoms with Crippen LogP contribution in [0.15, 0.2) is 53.5 Å². The van der Waals surface area contributed by atoms with Crippen LogP contribution >= 0.6 is 11.6 Å². The standard InChI is InChI=1S/C24H26ClN3O3/c1-27-16-21(24(30)26-14-17-3-6-19(25)7-4-17)23(29)20-13-18(5-8-22(20)27)15-28-9-2-11-31-12-10-28/h3-8,13,16H,2,9-12,14-15H2,1H3,(H,26,30). The van der Waals surface area contributed by atoms with Crippen molar-refractivity contribution < 1.29 is 9.53 Å². The van der Waals surface area contributed by atoms with Crippen LogP contribution in [-0.4, -0.2) is 41.7 Å². The molecule has 1 amide bonds. The number of ether oxygens (including phenoxy) is 1. The average molecular weight is 440 g/mol. The van der Waals surface area contributed by atoms with Crippen LogP contribution in [0.25, 0.3) is 10.9 Å². The van der Waals surface area contributed by atoms with Crippen LogP contribution in [-0.2, 0) is 24.9 Å². The number of aryl methyl sites for hydroxylation is 1. The third kappa shape index (κ3) is 5.15. The van der Waals surface area contributed by atoms with Crippen molar-refractivity contribution in [2.24, 2.45) is 7.05 Å². The lowest BCUT2D eigenvalue weighted by molar-refractivity contribution is 0.0949. The van der Waals surface area contributed by atoms with Crippen LogP contribution in [0.4, 0.5) is 0 Å². The average Bonchev–Trinajstić information content (AvgIpc) is 3.04. The fourth-order valence-electron chi connectivity index (χ4n) is 3.89. The van der Waals surface area contributed by atoms with Gasteiger partial charge in [-0.05, 0) is 41.8 Å². The Morgan fingerprint density at radius 2 is 1.87 bits per heavy atom. The second-order valence-corrected chi connectivity index (χ2v) is 8.32. The second-order valence-electron chi connectivity index (χ2n) is 7.89. The molecule has 7 heteroatoms. The van der Waals surface area contributed by atoms with E-state index in [1.165, 1.54) is 0 Å². The molecule has 0 saturated carbocycles. The molecule has 4 rings (SSSR count). The van der Waals surface area contributed by atoms with Gasteiger partial charge < -0.3 is 14.6 Å². The van der Waals surface area contributed by atoms with Gasteiger partial charge in [-0.25, -0.2) is 0 Å². The number of nitrogens with one attached hydrogen (secondary N) is 1. The van der Waals surface area contributed by atoms with Crippen LogP contribution < -0.4 is 10.7 Å². The summed E-state index contributed by atoms with van der Waals surface area (Å²) < 4.78 is 7.36. The van der Waals surface area contributed by atoms with Gasteiger partial charge in [-0.3, -0.25) is 14.5 Å². The Kier molecular flexibility index (Phi) is 6.70. The number of halogens is 1. The first kappa shape index (κ1) is 21.6. The maximum atomic E-state index is 13.2. The van der Waals surface area contributed by atoms with Gasteiger partial charge in [-0.1, -0.05) is 29.8 Å². The van der Waals surface area contributed by atoms with Gasteiger partial charge in [0.2, 0.25) is 5.43 Å². The first-order valence-electron chi connectivity index (χ1n) is 10.5. The molecule has 1 fully saturated rings. The normalized spacial score (nSPS) is 15.0. The van der Waals surface area contributed by atoms with E-state index >= 15 is 0 Å². The number of hydrogen-bond donors (Lipinski definition) is 1. The number of hydrogen-bond acceptors (Lipinski definition) is 4. The molecule has 1 N–H and O–H groups in total. The smallest absolute Gasteiger partial charge is 0.257 e. The van der Waals surface area contributed by atoms with E-state index in [2.05, 4.69) is 10.2 Å². The first-order valence-corrected chi connectivity index (χ1v) is 10.8. The molecule has 0 unspecified atom stereocenters. The third-order valence-electron chi connectivity index (χ3n) is 5.58. The number of carbonyl (C=O) groups is 1. The highest BCUT2D eigenvalue weighted by Gasteiger charge is 2.16. The molecule has 2 heterocycles. The highest BCUT2D eigenvalue weighted by atomic mass is 35.5. The number of pyridine rings is 1. The van der Waals surface area contributed by atoms with Crippen LogP contribution in [0.1, 0.15) is 27.9 Å². The van der Waals surface area contributed by atoms with Crippen molar-refractivity contribution in [3.63, 3.8) is 0 Å². The Balaban J connectivity index is 1.57. The lowest BCUT2D eigenvalue weighted by Crippen LogP contribution is -2.29. The molecular formula is C24H26ClN3O3. The maximum absolute atomic E-state index is 13.2. The largest absolute Gasteiger partial charge is 0.380 e. The molecule has 1 aliphatic rings. The number of carbonyl (C=O) groups excluding carboxylic acids is 1. The Morgan fingerprint density at radius 3 is 2.68 bits per heavy atom. The summed E-state index contributed by atoms with van der Waals surface area (Å²) in [5.74, 6) is -0.382. The fourth-order valence-corrected chi connectivity index (χ4v) is 4.02. The van der Waals surface area contributed by atoms with Gasteiger partial charge in [-0.15, -0.1) is 0 Å². The van der Waals surface area contributed by atoms with Gasteiger partial charge in [-0.2, -0.15) is 0 Å². The van der Waals surface area contributed by atoms with Gasteiger partial charge in [0.05, 0.1) is 12.1 Å². The number of benzene rings is 2. The number of aromatic nitrogens is 1. The van der Waals surface area contributed by atoms with Crippen molar-refractivity contribution in [3.05, 3.63) is 80.6 Å². The highest BCUT2D eigenvalue weighted by molar-refractivity contribution is 6.30. The number of rotatable bonds is 5. The van der Waals surface area contributed by atoms with E-state index in [0.29, 0.717) is 17.0 Å². The van der Waals surface area contributed by atoms with Gasteiger partial charge in [0.15, 0.2) is 0 Å². The van der Waals surface area contributed by atoms with Crippen molar-refractivity contribution >= 4 is 28.4 Å². The van der Waals surface area contributed by atoms with Gasteiger partial charge in [0.1, 0.15) is 5.56 Å². The number of fused-ring (bicyclic) bond motifs is 1. The van der Waals surface area contributed by atoms with Crippen LogP contribution in [0.5, 0.6) is 0 Å². The molecule has 3 aromatic rings. The number of amides is 1. The van der Waals surface area contributed by atoms with Crippen molar-refractivity contribution in [2.45, 2.75) is 19.5 Å². The molecule has 1 aliphatic heterocycles. The summed E-state index contributed by atoms with van der Waals surface area (Å²) >= 11 is 5.91. The van der Waals surface area contributed by atoms with E-state index in [9.17, 15) is 9.59 Å². The van der Waals surface area contributed by atoms with E-state index in [1.54, 1.807) is 18.3 Å². The first-order chi connectivity index (χ1) is 15.0. The lowest BCUT2D eigenvalue weighted by atomic mass is 10.1. The summed E-state index contributed by atoms with van der Waals surface area (Å²) in [7, 11) is 1.85. The number of nitrogens with zero attached hydrogens (tertiary/aromatic N) is 2. The summed E-state index contributed by atoms with van der Waals surface area (Å²) in [4.78, 5) is 28.3. The SMILES string of the molecule is Cn1cc(C(=O)NCc2ccc(Cl)cc2)c(=O)c2cc(CN3CCCOCC3)ccc21. The fraction of sp³-hybridized carbons (Fsp3) is 0.333. The summed E-state index contributed by atoms with van der Waals surface area (Å²) in [6.45, 7) is 4.46. The molecule has 0 aliphatic carbocycles. The summed E-state index contributed by atoms with van der Waals surface area (Å²) in [6.07, 6.45) is 2.61. The third-order valence-corrected chi connectivity index (χ3v) is 5.84. The molecule has 31 heavy (non-hydrogen) atoms. The van der Waals surface area contributed by atoms with E-state index in [4.69, 9.17) is 16.3 Å². The van der Waals surface area contributed by atoms with Crippen molar-refractivity contribution in [3.8, 4) is 0 Å². The molecule has 6 nitrogen and oxygen atoms in total. The minimum Gasteiger partial charge on any atom is -0.380 e. The molecule has 162 valence electrons. The Hall–Kier alpha value is -2.67. The van der Waals surface area contributed by atoms with Gasteiger partial charge >= 0.3 is 0 Å². The van der Waals surface area contributed by atoms with E-state index in [1.807, 2.05) is 41.9 Å². The topological polar surface area (TPSA) is 63.6 Å². The predicted octanol–water partition coefficient (Wildman–Crippen LogP) is 3.34. The molecular weight excluding hydrogens is 414 g/mol. The highest BCUT2D eigenvalue weighted by Crippen LogP contribution is 2.16. The molecule has 0 atom stereocenters. The Morgan fingerprint density at radius 1 is 1.10 bits per heavy atom. The molecule has 1 aromatic heterocycles. The molecule has 2 aromatic carbocycles. The zero-order valence-electron chi connectivity index (χ0n) is 17.6. The summed E-state index contributed by atoms with van der Waals surface area (Å²) in [6, 6.07) is 13.2. The van der Waals surface area contributed by atoms with Crippen molar-refractivity contribution in [1.29, 1.82) is 0 Å². The molecule has 1 saturated heterocycles. The van der Waals surface area contributed by atoms with Crippen molar-refractivity contribution in [1.82, 2.24) is 14.8 Å². The van der Waals surface area contributed by atoms with Gasteiger partial charge in [0.25, 0.3) is 5.91 Å². The van der Waals surface area contributed by atoms with Crippen molar-refractivity contribution in [2.75, 3.05) is 26.3 Å². The Bertz CT molecular complexity index is 1130. The molecule has 0 radical (unpaired) electrons. The summed E-state index contributed by atoms with van der Waals surface area (Å²) in [5, 5.41) is 4.04. The quantitative estimate of drug-likeness (QED) is 0.662. The van der Waals surface area contributed by atoms with E-state index in [0.717, 1.165) is 55.9 Å². The van der Waals surface area contributed by atoms with Gasteiger partial charge in [0, 0.05) is 56.4 Å². The second kappa shape index (κ2) is 9.64. The lowest BCUT2D eigenvalue weighted by Gasteiger charge is -2.19. The van der Waals surface area contributed by atoms with Crippen LogP contribution in [0.2, 0.25) is 5.02 Å². The Labute approximate surface area is 186 Å². The minimum absolute atomic E-state index is 0.143. The zero-order valence-corrected chi connectivity index (χ0v) is 18.3.